The second-order valence-corrected chi connectivity index (χ2v) is 9.72. The molecule has 1 heteroatoms. The summed E-state index contributed by atoms with van der Waals surface area (Å²) in [6.07, 6.45) is 23.8. The molecule has 2 aliphatic carbocycles. The summed E-state index contributed by atoms with van der Waals surface area (Å²) >= 11 is 0. The number of halogens is 1. The molecule has 0 aliphatic heterocycles. The van der Waals surface area contributed by atoms with Gasteiger partial charge in [-0.05, 0) is 73.5 Å². The molecule has 2 saturated carbocycles. The summed E-state index contributed by atoms with van der Waals surface area (Å²) in [5.74, 6) is -0.0973. The van der Waals surface area contributed by atoms with Crippen molar-refractivity contribution >= 4 is 0 Å². The predicted molar refractivity (Wildman–Crippen MR) is 115 cm³/mol. The minimum Gasteiger partial charge on any atom is -0.207 e. The van der Waals surface area contributed by atoms with Crippen LogP contribution in [0.25, 0.3) is 0 Å². The van der Waals surface area contributed by atoms with E-state index in [1.165, 1.54) is 115 Å². The average molecular weight is 373 g/mol. The molecule has 0 saturated heterocycles. The molecule has 0 spiro atoms. The van der Waals surface area contributed by atoms with E-state index in [9.17, 15) is 4.39 Å². The Morgan fingerprint density at radius 3 is 1.89 bits per heavy atom. The van der Waals surface area contributed by atoms with Gasteiger partial charge < -0.3 is 0 Å². The molecule has 152 valence electrons. The zero-order chi connectivity index (χ0) is 19.0. The van der Waals surface area contributed by atoms with Crippen LogP contribution in [-0.4, -0.2) is 0 Å². The van der Waals surface area contributed by atoms with Crippen LogP contribution in [0.3, 0.4) is 0 Å². The fourth-order valence-electron chi connectivity index (χ4n) is 6.16. The van der Waals surface area contributed by atoms with Crippen molar-refractivity contribution in [1.82, 2.24) is 0 Å². The van der Waals surface area contributed by atoms with Crippen molar-refractivity contribution in [2.75, 3.05) is 0 Å². The van der Waals surface area contributed by atoms with Gasteiger partial charge in [-0.15, -0.1) is 0 Å². The topological polar surface area (TPSA) is 0 Å². The van der Waals surface area contributed by atoms with Crippen LogP contribution < -0.4 is 0 Å². The second-order valence-electron chi connectivity index (χ2n) is 9.72. The number of hydrogen-bond acceptors (Lipinski definition) is 0. The normalized spacial score (nSPS) is 21.9. The zero-order valence-corrected chi connectivity index (χ0v) is 17.7. The third-order valence-corrected chi connectivity index (χ3v) is 7.85. The van der Waals surface area contributed by atoms with Gasteiger partial charge in [0.25, 0.3) is 0 Å². The number of hydrogen-bond donors (Lipinski definition) is 0. The van der Waals surface area contributed by atoms with E-state index in [-0.39, 0.29) is 5.82 Å². The number of rotatable bonds is 9. The van der Waals surface area contributed by atoms with Crippen LogP contribution in [-0.2, 0) is 5.41 Å². The Labute approximate surface area is 167 Å². The minimum absolute atomic E-state index is 0.0973. The van der Waals surface area contributed by atoms with Crippen molar-refractivity contribution in [2.45, 2.75) is 121 Å². The highest BCUT2D eigenvalue weighted by atomic mass is 19.1. The van der Waals surface area contributed by atoms with Gasteiger partial charge >= 0.3 is 0 Å². The summed E-state index contributed by atoms with van der Waals surface area (Å²) in [6.45, 7) is 2.34. The summed E-state index contributed by atoms with van der Waals surface area (Å²) in [5, 5.41) is 0. The molecule has 0 aromatic heterocycles. The summed E-state index contributed by atoms with van der Waals surface area (Å²) in [7, 11) is 0. The number of benzene rings is 1. The summed E-state index contributed by atoms with van der Waals surface area (Å²) < 4.78 is 13.4. The van der Waals surface area contributed by atoms with Crippen molar-refractivity contribution in [3.8, 4) is 0 Å². The van der Waals surface area contributed by atoms with Gasteiger partial charge in [-0.25, -0.2) is 4.39 Å². The highest BCUT2D eigenvalue weighted by Crippen LogP contribution is 2.47. The molecule has 0 unspecified atom stereocenters. The van der Waals surface area contributed by atoms with E-state index in [2.05, 4.69) is 19.1 Å². The van der Waals surface area contributed by atoms with Gasteiger partial charge in [0, 0.05) is 0 Å². The van der Waals surface area contributed by atoms with E-state index in [0.29, 0.717) is 10.8 Å². The largest absolute Gasteiger partial charge is 0.207 e. The Hall–Kier alpha value is -0.850. The molecule has 3 rings (SSSR count). The average Bonchev–Trinajstić information content (AvgIpc) is 2.72. The molecule has 2 aliphatic rings. The molecule has 0 amide bonds. The monoisotopic (exact) mass is 372 g/mol. The van der Waals surface area contributed by atoms with E-state index in [4.69, 9.17) is 0 Å². The fraction of sp³-hybridized carbons (Fsp3) is 0.769. The maximum Gasteiger partial charge on any atom is 0.123 e. The van der Waals surface area contributed by atoms with E-state index in [1.54, 1.807) is 12.1 Å². The molecule has 0 bridgehead atoms. The predicted octanol–water partition coefficient (Wildman–Crippen LogP) is 8.73. The van der Waals surface area contributed by atoms with Gasteiger partial charge in [0.2, 0.25) is 0 Å². The van der Waals surface area contributed by atoms with Gasteiger partial charge in [0.05, 0.1) is 0 Å². The quantitative estimate of drug-likeness (QED) is 0.380. The lowest BCUT2D eigenvalue weighted by molar-refractivity contribution is 0.145. The molecule has 0 atom stereocenters. The minimum atomic E-state index is -0.0973. The Balaban J connectivity index is 1.58. The zero-order valence-electron chi connectivity index (χ0n) is 17.7. The molecular weight excluding hydrogens is 331 g/mol. The Kier molecular flexibility index (Phi) is 7.79. The Morgan fingerprint density at radius 1 is 0.704 bits per heavy atom. The van der Waals surface area contributed by atoms with E-state index >= 15 is 0 Å². The third kappa shape index (κ3) is 5.58. The van der Waals surface area contributed by atoms with E-state index in [1.807, 2.05) is 0 Å². The first-order chi connectivity index (χ1) is 13.2. The maximum atomic E-state index is 13.4. The highest BCUT2D eigenvalue weighted by molar-refractivity contribution is 5.26. The smallest absolute Gasteiger partial charge is 0.123 e. The third-order valence-electron chi connectivity index (χ3n) is 7.85. The lowest BCUT2D eigenvalue weighted by atomic mass is 9.65. The molecule has 0 radical (unpaired) electrons. The van der Waals surface area contributed by atoms with Gasteiger partial charge in [0.15, 0.2) is 0 Å². The van der Waals surface area contributed by atoms with Crippen molar-refractivity contribution in [2.24, 2.45) is 5.41 Å². The van der Waals surface area contributed by atoms with Gasteiger partial charge in [-0.2, -0.15) is 0 Å². The van der Waals surface area contributed by atoms with Crippen LogP contribution >= 0.6 is 0 Å². The van der Waals surface area contributed by atoms with Crippen molar-refractivity contribution in [1.29, 1.82) is 0 Å². The van der Waals surface area contributed by atoms with Crippen molar-refractivity contribution in [3.05, 3.63) is 35.6 Å². The second kappa shape index (κ2) is 10.1. The molecule has 27 heavy (non-hydrogen) atoms. The Bertz CT molecular complexity index is 532. The number of unbranched alkanes of at least 4 members (excludes halogenated alkanes) is 2. The lowest BCUT2D eigenvalue weighted by Crippen LogP contribution is -2.29. The van der Waals surface area contributed by atoms with Crippen molar-refractivity contribution < 1.29 is 4.39 Å². The molecule has 0 heterocycles. The van der Waals surface area contributed by atoms with Gasteiger partial charge in [-0.1, -0.05) is 83.3 Å². The molecule has 0 N–H and O–H groups in total. The lowest BCUT2D eigenvalue weighted by Gasteiger charge is -2.40. The first kappa shape index (κ1) is 20.9. The SMILES string of the molecule is CCCCC1(CCCCC2(c3ccc(F)cc3)CCCCC2)CCCCC1. The molecule has 0 nitrogen and oxygen atoms in total. The van der Waals surface area contributed by atoms with E-state index < -0.39 is 0 Å². The van der Waals surface area contributed by atoms with Gasteiger partial charge in [0.1, 0.15) is 5.82 Å². The van der Waals surface area contributed by atoms with Crippen LogP contribution in [0.2, 0.25) is 0 Å². The van der Waals surface area contributed by atoms with Crippen LogP contribution in [0.4, 0.5) is 4.39 Å². The van der Waals surface area contributed by atoms with Crippen molar-refractivity contribution in [3.63, 3.8) is 0 Å². The van der Waals surface area contributed by atoms with Gasteiger partial charge in [-0.3, -0.25) is 0 Å². The first-order valence-corrected chi connectivity index (χ1v) is 11.9. The maximum absolute atomic E-state index is 13.4. The van der Waals surface area contributed by atoms with E-state index in [0.717, 1.165) is 0 Å². The highest BCUT2D eigenvalue weighted by Gasteiger charge is 2.34. The van der Waals surface area contributed by atoms with Crippen LogP contribution in [0.15, 0.2) is 24.3 Å². The van der Waals surface area contributed by atoms with Crippen LogP contribution in [0, 0.1) is 11.2 Å². The van der Waals surface area contributed by atoms with Crippen LogP contribution in [0.1, 0.15) is 122 Å². The summed E-state index contributed by atoms with van der Waals surface area (Å²) in [4.78, 5) is 0. The summed E-state index contributed by atoms with van der Waals surface area (Å²) in [5.41, 5.74) is 2.40. The summed E-state index contributed by atoms with van der Waals surface area (Å²) in [6, 6.07) is 7.50. The standard InChI is InChI=1S/C26H41F/c1-2-3-16-25(17-6-4-7-18-25)19-10-11-22-26(20-8-5-9-21-26)23-12-14-24(27)15-13-23/h12-15H,2-11,16-22H2,1H3. The molecule has 1 aromatic carbocycles. The molecule has 2 fully saturated rings. The Morgan fingerprint density at radius 2 is 1.26 bits per heavy atom. The molecular formula is C26H41F. The molecule has 1 aromatic rings. The van der Waals surface area contributed by atoms with Crippen LogP contribution in [0.5, 0.6) is 0 Å². The first-order valence-electron chi connectivity index (χ1n) is 11.9. The fourth-order valence-corrected chi connectivity index (χ4v) is 6.16.